The number of hydrogen-bond donors (Lipinski definition) is 0. The fourth-order valence-corrected chi connectivity index (χ4v) is 0.945. The smallest absolute Gasteiger partial charge is 0.312 e. The molecule has 0 fully saturated rings. The number of pyridine rings is 1. The Bertz CT molecular complexity index is 258. The van der Waals surface area contributed by atoms with Gasteiger partial charge in [0.25, 0.3) is 0 Å². The van der Waals surface area contributed by atoms with Gasteiger partial charge in [-0.05, 0) is 18.6 Å². The van der Waals surface area contributed by atoms with Gasteiger partial charge in [-0.1, -0.05) is 6.07 Å². The van der Waals surface area contributed by atoms with Gasteiger partial charge < -0.3 is 4.74 Å². The Kier molecular flexibility index (Phi) is 2.80. The van der Waals surface area contributed by atoms with Crippen molar-refractivity contribution in [1.29, 1.82) is 0 Å². The quantitative estimate of drug-likeness (QED) is 0.621. The molecule has 0 aromatic carbocycles. The van der Waals surface area contributed by atoms with E-state index in [-0.39, 0.29) is 11.9 Å². The van der Waals surface area contributed by atoms with Crippen LogP contribution in [-0.2, 0) is 9.53 Å². The van der Waals surface area contributed by atoms with Crippen LogP contribution in [0.1, 0.15) is 18.4 Å². The van der Waals surface area contributed by atoms with Gasteiger partial charge in [0.2, 0.25) is 0 Å². The van der Waals surface area contributed by atoms with Crippen molar-refractivity contribution in [2.45, 2.75) is 12.8 Å². The van der Waals surface area contributed by atoms with E-state index in [0.29, 0.717) is 0 Å². The van der Waals surface area contributed by atoms with Crippen LogP contribution in [0.5, 0.6) is 0 Å². The van der Waals surface area contributed by atoms with Crippen LogP contribution in [0.4, 0.5) is 0 Å². The summed E-state index contributed by atoms with van der Waals surface area (Å²) in [6.07, 6.45) is 3.34. The van der Waals surface area contributed by atoms with Gasteiger partial charge in [-0.15, -0.1) is 0 Å². The maximum Gasteiger partial charge on any atom is 0.312 e. The molecule has 0 saturated heterocycles. The fourth-order valence-electron chi connectivity index (χ4n) is 0.945. The Balaban J connectivity index is 2.78. The molecule has 0 saturated carbocycles. The lowest BCUT2D eigenvalue weighted by Crippen LogP contribution is -2.10. The van der Waals surface area contributed by atoms with E-state index in [4.69, 9.17) is 0 Å². The van der Waals surface area contributed by atoms with Crippen molar-refractivity contribution >= 4 is 5.97 Å². The lowest BCUT2D eigenvalue weighted by atomic mass is 10.0. The molecule has 12 heavy (non-hydrogen) atoms. The van der Waals surface area contributed by atoms with Gasteiger partial charge in [0.1, 0.15) is 0 Å². The van der Waals surface area contributed by atoms with Crippen LogP contribution in [0, 0.1) is 0 Å². The number of rotatable bonds is 2. The molecule has 0 bridgehead atoms. The zero-order valence-electron chi connectivity index (χ0n) is 7.15. The molecule has 1 aromatic rings. The number of carbonyl (C=O) groups is 1. The largest absolute Gasteiger partial charge is 0.469 e. The molecule has 0 aliphatic rings. The summed E-state index contributed by atoms with van der Waals surface area (Å²) in [7, 11) is 1.38. The number of ether oxygens (including phenoxy) is 1. The summed E-state index contributed by atoms with van der Waals surface area (Å²) in [6, 6.07) is 3.66. The summed E-state index contributed by atoms with van der Waals surface area (Å²) in [5, 5.41) is 0. The Labute approximate surface area is 71.4 Å². The van der Waals surface area contributed by atoms with Gasteiger partial charge >= 0.3 is 5.97 Å². The van der Waals surface area contributed by atoms with Gasteiger partial charge in [-0.25, -0.2) is 0 Å². The third kappa shape index (κ3) is 1.81. The molecule has 1 aromatic heterocycles. The molecule has 64 valence electrons. The highest BCUT2D eigenvalue weighted by molar-refractivity contribution is 5.77. The van der Waals surface area contributed by atoms with E-state index in [1.165, 1.54) is 7.11 Å². The lowest BCUT2D eigenvalue weighted by Gasteiger charge is -2.07. The van der Waals surface area contributed by atoms with E-state index in [2.05, 4.69) is 9.72 Å². The van der Waals surface area contributed by atoms with Crippen LogP contribution in [0.25, 0.3) is 0 Å². The van der Waals surface area contributed by atoms with Crippen LogP contribution in [0.15, 0.2) is 24.5 Å². The van der Waals surface area contributed by atoms with Crippen LogP contribution in [0.2, 0.25) is 0 Å². The first-order valence-electron chi connectivity index (χ1n) is 3.73. The minimum atomic E-state index is -0.233. The normalized spacial score (nSPS) is 12.2. The number of carbonyl (C=O) groups excluding carboxylic acids is 1. The maximum absolute atomic E-state index is 11.1. The van der Waals surface area contributed by atoms with E-state index in [0.717, 1.165) is 5.56 Å². The van der Waals surface area contributed by atoms with Gasteiger partial charge in [0.05, 0.1) is 13.0 Å². The van der Waals surface area contributed by atoms with Crippen molar-refractivity contribution in [3.8, 4) is 0 Å². The molecule has 3 heteroatoms. The summed E-state index contributed by atoms with van der Waals surface area (Å²) in [4.78, 5) is 15.0. The topological polar surface area (TPSA) is 39.2 Å². The average molecular weight is 165 g/mol. The van der Waals surface area contributed by atoms with Crippen LogP contribution < -0.4 is 0 Å². The van der Waals surface area contributed by atoms with Crippen LogP contribution in [0.3, 0.4) is 0 Å². The monoisotopic (exact) mass is 165 g/mol. The Morgan fingerprint density at radius 1 is 1.67 bits per heavy atom. The number of esters is 1. The highest BCUT2D eigenvalue weighted by Crippen LogP contribution is 2.14. The molecule has 0 N–H and O–H groups in total. The first-order valence-corrected chi connectivity index (χ1v) is 3.73. The average Bonchev–Trinajstić information content (AvgIpc) is 2.17. The molecule has 0 aliphatic heterocycles. The minimum absolute atomic E-state index is 0.233. The molecule has 0 spiro atoms. The first-order chi connectivity index (χ1) is 5.75. The van der Waals surface area contributed by atoms with E-state index in [9.17, 15) is 4.79 Å². The molecular formula is C9H11NO2. The molecular weight excluding hydrogens is 154 g/mol. The van der Waals surface area contributed by atoms with Gasteiger partial charge in [0.15, 0.2) is 0 Å². The van der Waals surface area contributed by atoms with Crippen LogP contribution >= 0.6 is 0 Å². The molecule has 1 unspecified atom stereocenters. The lowest BCUT2D eigenvalue weighted by molar-refractivity contribution is -0.141. The van der Waals surface area contributed by atoms with Crippen molar-refractivity contribution in [1.82, 2.24) is 4.98 Å². The highest BCUT2D eigenvalue weighted by atomic mass is 16.5. The molecule has 0 aliphatic carbocycles. The Hall–Kier alpha value is -1.38. The van der Waals surface area contributed by atoms with Gasteiger partial charge in [0, 0.05) is 12.4 Å². The summed E-state index contributed by atoms with van der Waals surface area (Å²) in [5.41, 5.74) is 0.879. The van der Waals surface area contributed by atoms with E-state index >= 15 is 0 Å². The maximum atomic E-state index is 11.1. The molecule has 0 amide bonds. The molecule has 1 heterocycles. The number of methoxy groups -OCH3 is 1. The second-order valence-electron chi connectivity index (χ2n) is 2.53. The molecule has 3 nitrogen and oxygen atoms in total. The van der Waals surface area contributed by atoms with Crippen molar-refractivity contribution in [2.24, 2.45) is 0 Å². The zero-order chi connectivity index (χ0) is 8.97. The molecule has 0 radical (unpaired) electrons. The second-order valence-corrected chi connectivity index (χ2v) is 2.53. The third-order valence-corrected chi connectivity index (χ3v) is 1.74. The number of hydrogen-bond acceptors (Lipinski definition) is 3. The summed E-state index contributed by atoms with van der Waals surface area (Å²) in [6.45, 7) is 1.79. The standard InChI is InChI=1S/C9H11NO2/c1-7(9(11)12-2)8-4-3-5-10-6-8/h3-7H,1-2H3. The van der Waals surface area contributed by atoms with Gasteiger partial charge in [-0.2, -0.15) is 0 Å². The fraction of sp³-hybridized carbons (Fsp3) is 0.333. The summed E-state index contributed by atoms with van der Waals surface area (Å²) >= 11 is 0. The second kappa shape index (κ2) is 3.85. The van der Waals surface area contributed by atoms with Crippen LogP contribution in [-0.4, -0.2) is 18.1 Å². The van der Waals surface area contributed by atoms with E-state index in [1.807, 2.05) is 6.07 Å². The number of nitrogens with zero attached hydrogens (tertiary/aromatic N) is 1. The molecule has 1 atom stereocenters. The van der Waals surface area contributed by atoms with Crippen molar-refractivity contribution < 1.29 is 9.53 Å². The zero-order valence-corrected chi connectivity index (χ0v) is 7.15. The predicted octanol–water partition coefficient (Wildman–Crippen LogP) is 1.36. The van der Waals surface area contributed by atoms with Crippen molar-refractivity contribution in [3.63, 3.8) is 0 Å². The summed E-state index contributed by atoms with van der Waals surface area (Å²) in [5.74, 6) is -0.466. The Morgan fingerprint density at radius 3 is 2.92 bits per heavy atom. The molecule has 1 rings (SSSR count). The number of aromatic nitrogens is 1. The predicted molar refractivity (Wildman–Crippen MR) is 44.7 cm³/mol. The van der Waals surface area contributed by atoms with E-state index < -0.39 is 0 Å². The highest BCUT2D eigenvalue weighted by Gasteiger charge is 2.14. The SMILES string of the molecule is COC(=O)C(C)c1cccnc1. The Morgan fingerprint density at radius 2 is 2.42 bits per heavy atom. The van der Waals surface area contributed by atoms with E-state index in [1.54, 1.807) is 25.4 Å². The third-order valence-electron chi connectivity index (χ3n) is 1.74. The minimum Gasteiger partial charge on any atom is -0.469 e. The van der Waals surface area contributed by atoms with Gasteiger partial charge in [-0.3, -0.25) is 9.78 Å². The van der Waals surface area contributed by atoms with Crippen molar-refractivity contribution in [2.75, 3.05) is 7.11 Å². The van der Waals surface area contributed by atoms with Crippen molar-refractivity contribution in [3.05, 3.63) is 30.1 Å². The first kappa shape index (κ1) is 8.71. The summed E-state index contributed by atoms with van der Waals surface area (Å²) < 4.78 is 4.60.